The van der Waals surface area contributed by atoms with Gasteiger partial charge in [0.2, 0.25) is 0 Å². The van der Waals surface area contributed by atoms with Gasteiger partial charge in [-0.1, -0.05) is 12.1 Å². The molecule has 7 rings (SSSR count). The first-order valence-electron chi connectivity index (χ1n) is 12.7. The molecule has 0 amide bonds. The summed E-state index contributed by atoms with van der Waals surface area (Å²) in [4.78, 5) is 14.1. The molecule has 0 fully saturated rings. The van der Waals surface area contributed by atoms with Crippen LogP contribution in [0, 0.1) is 0 Å². The van der Waals surface area contributed by atoms with E-state index in [4.69, 9.17) is 14.2 Å². The number of hydrogen-bond donors (Lipinski definition) is 8. The van der Waals surface area contributed by atoms with E-state index in [0.29, 0.717) is 0 Å². The third kappa shape index (κ3) is 3.29. The van der Waals surface area contributed by atoms with E-state index in [9.17, 15) is 45.6 Å². The first-order chi connectivity index (χ1) is 20.0. The number of fused-ring (bicyclic) bond motifs is 6. The van der Waals surface area contributed by atoms with Gasteiger partial charge in [0.15, 0.2) is 28.4 Å². The zero-order valence-corrected chi connectivity index (χ0v) is 21.3. The van der Waals surface area contributed by atoms with Crippen LogP contribution in [0.4, 0.5) is 0 Å². The highest BCUT2D eigenvalue weighted by molar-refractivity contribution is 6.00. The molecule has 0 aliphatic carbocycles. The monoisotopic (exact) mass is 574 g/mol. The molecule has 0 aromatic heterocycles. The maximum Gasteiger partial charge on any atom is 0.331 e. The minimum atomic E-state index is -2.02. The number of rotatable bonds is 2. The molecule has 4 atom stereocenters. The van der Waals surface area contributed by atoms with Crippen LogP contribution in [-0.4, -0.2) is 52.9 Å². The summed E-state index contributed by atoms with van der Waals surface area (Å²) < 4.78 is 18.1. The number of phenols is 7. The van der Waals surface area contributed by atoms with Gasteiger partial charge in [0.1, 0.15) is 46.7 Å². The molecule has 214 valence electrons. The van der Waals surface area contributed by atoms with Crippen molar-refractivity contribution in [1.29, 1.82) is 0 Å². The number of aliphatic hydroxyl groups is 1. The van der Waals surface area contributed by atoms with Crippen LogP contribution < -0.4 is 14.2 Å². The topological polar surface area (TPSA) is 207 Å². The van der Waals surface area contributed by atoms with E-state index >= 15 is 0 Å². The summed E-state index contributed by atoms with van der Waals surface area (Å²) in [7, 11) is 0. The molecule has 0 saturated carbocycles. The molecule has 4 aromatic carbocycles. The Bertz CT molecular complexity index is 1830. The summed E-state index contributed by atoms with van der Waals surface area (Å²) in [5.41, 5.74) is -1.48. The van der Waals surface area contributed by atoms with Gasteiger partial charge in [0.05, 0.1) is 17.2 Å². The molecule has 42 heavy (non-hydrogen) atoms. The van der Waals surface area contributed by atoms with Crippen molar-refractivity contribution in [3.8, 4) is 57.5 Å². The number of aromatic hydroxyl groups is 7. The number of esters is 1. The first-order valence-corrected chi connectivity index (χ1v) is 12.7. The van der Waals surface area contributed by atoms with E-state index < -0.39 is 52.7 Å². The summed E-state index contributed by atoms with van der Waals surface area (Å²) in [6, 6.07) is 11.0. The Kier molecular flexibility index (Phi) is 5.16. The van der Waals surface area contributed by atoms with Crippen molar-refractivity contribution in [3.63, 3.8) is 0 Å². The molecule has 0 saturated heterocycles. The second-order valence-electron chi connectivity index (χ2n) is 10.4. The second kappa shape index (κ2) is 8.51. The summed E-state index contributed by atoms with van der Waals surface area (Å²) in [5.74, 6) is -4.21. The standard InChI is InChI=1S/C30H22O12/c31-13-7-20(37)24-22(8-13)40-28(12-2-4-16(33)19(36)6-12)30(24)25-23(41-29(30)39)10-17(34)14-9-21(38)26(42-27(14)25)11-1-3-15(32)18(35)5-11/h1-8,10,21,26,28,31-38H,9H2/t21-,26-,28-,30-/m1/s1. The number of ether oxygens (including phenoxy) is 3. The number of aliphatic hydroxyl groups excluding tert-OH is 1. The van der Waals surface area contributed by atoms with Crippen molar-refractivity contribution < 1.29 is 59.9 Å². The summed E-state index contributed by atoms with van der Waals surface area (Å²) in [6.45, 7) is 0. The average Bonchev–Trinajstić information content (AvgIpc) is 3.42. The number of hydrogen-bond acceptors (Lipinski definition) is 12. The molecule has 0 radical (unpaired) electrons. The van der Waals surface area contributed by atoms with Crippen LogP contribution in [0.15, 0.2) is 54.6 Å². The van der Waals surface area contributed by atoms with Gasteiger partial charge in [-0.05, 0) is 35.4 Å². The third-order valence-electron chi connectivity index (χ3n) is 7.98. The smallest absolute Gasteiger partial charge is 0.331 e. The Morgan fingerprint density at radius 3 is 2.02 bits per heavy atom. The minimum absolute atomic E-state index is 0.0394. The van der Waals surface area contributed by atoms with Gasteiger partial charge >= 0.3 is 5.97 Å². The molecule has 12 heteroatoms. The van der Waals surface area contributed by atoms with Gasteiger partial charge in [-0.25, -0.2) is 0 Å². The Hall–Kier alpha value is -5.49. The highest BCUT2D eigenvalue weighted by atomic mass is 16.6. The van der Waals surface area contributed by atoms with E-state index in [1.54, 1.807) is 0 Å². The molecule has 0 bridgehead atoms. The van der Waals surface area contributed by atoms with Crippen LogP contribution in [0.25, 0.3) is 0 Å². The van der Waals surface area contributed by atoms with Crippen LogP contribution >= 0.6 is 0 Å². The Balaban J connectivity index is 1.51. The van der Waals surface area contributed by atoms with Gasteiger partial charge in [-0.3, -0.25) is 4.79 Å². The van der Waals surface area contributed by atoms with E-state index in [-0.39, 0.29) is 68.7 Å². The van der Waals surface area contributed by atoms with Gasteiger partial charge in [-0.15, -0.1) is 0 Å². The Labute approximate surface area is 236 Å². The second-order valence-corrected chi connectivity index (χ2v) is 10.4. The molecule has 0 unspecified atom stereocenters. The molecule has 1 spiro atoms. The first kappa shape index (κ1) is 25.5. The fourth-order valence-corrected chi connectivity index (χ4v) is 6.16. The molecule has 3 aliphatic rings. The quantitative estimate of drug-likeness (QED) is 0.0988. The molecule has 12 nitrogen and oxygen atoms in total. The number of benzene rings is 4. The molecule has 3 heterocycles. The van der Waals surface area contributed by atoms with Crippen molar-refractivity contribution in [1.82, 2.24) is 0 Å². The van der Waals surface area contributed by atoms with Crippen molar-refractivity contribution >= 4 is 5.97 Å². The fraction of sp³-hybridized carbons (Fsp3) is 0.167. The lowest BCUT2D eigenvalue weighted by atomic mass is 9.69. The normalized spacial score (nSPS) is 23.5. The lowest BCUT2D eigenvalue weighted by Crippen LogP contribution is -2.40. The molecule has 8 N–H and O–H groups in total. The number of phenolic OH excluding ortho intramolecular Hbond substituents is 7. The van der Waals surface area contributed by atoms with E-state index in [2.05, 4.69) is 0 Å². The molecular formula is C30H22O12. The summed E-state index contributed by atoms with van der Waals surface area (Å²) >= 11 is 0. The zero-order valence-electron chi connectivity index (χ0n) is 21.3. The van der Waals surface area contributed by atoms with Crippen LogP contribution in [0.5, 0.6) is 57.5 Å². The zero-order chi connectivity index (χ0) is 29.7. The maximum absolute atomic E-state index is 14.1. The number of carbonyl (C=O) groups is 1. The maximum atomic E-state index is 14.1. The van der Waals surface area contributed by atoms with Crippen molar-refractivity contribution in [2.45, 2.75) is 30.1 Å². The predicted molar refractivity (Wildman–Crippen MR) is 140 cm³/mol. The fourth-order valence-electron chi connectivity index (χ4n) is 6.16. The lowest BCUT2D eigenvalue weighted by molar-refractivity contribution is -0.139. The predicted octanol–water partition coefficient (Wildman–Crippen LogP) is 3.00. The highest BCUT2D eigenvalue weighted by Crippen LogP contribution is 2.66. The minimum Gasteiger partial charge on any atom is -0.508 e. The third-order valence-corrected chi connectivity index (χ3v) is 7.98. The number of carbonyl (C=O) groups excluding carboxylic acids is 1. The summed E-state index contributed by atoms with van der Waals surface area (Å²) in [6.07, 6.45) is -3.89. The SMILES string of the molecule is O=C1Oc2cc(O)c3c(c2[C@@]12c1c(O)cc(O)cc1O[C@@H]2c1ccc(O)c(O)c1)O[C@H](c1ccc(O)c(O)c1)[C@H](O)C3. The van der Waals surface area contributed by atoms with Crippen LogP contribution in [-0.2, 0) is 16.6 Å². The highest BCUT2D eigenvalue weighted by Gasteiger charge is 2.66. The van der Waals surface area contributed by atoms with Crippen molar-refractivity contribution in [2.24, 2.45) is 0 Å². The van der Waals surface area contributed by atoms with Gasteiger partial charge < -0.3 is 55.1 Å². The Morgan fingerprint density at radius 1 is 0.667 bits per heavy atom. The van der Waals surface area contributed by atoms with Crippen LogP contribution in [0.2, 0.25) is 0 Å². The molecule has 4 aromatic rings. The van der Waals surface area contributed by atoms with Crippen molar-refractivity contribution in [2.75, 3.05) is 0 Å². The van der Waals surface area contributed by atoms with Crippen LogP contribution in [0.1, 0.15) is 40.0 Å². The van der Waals surface area contributed by atoms with E-state index in [1.807, 2.05) is 0 Å². The van der Waals surface area contributed by atoms with Gasteiger partial charge in [0, 0.05) is 30.2 Å². The van der Waals surface area contributed by atoms with Crippen LogP contribution in [0.3, 0.4) is 0 Å². The lowest BCUT2D eigenvalue weighted by Gasteiger charge is -2.35. The van der Waals surface area contributed by atoms with Gasteiger partial charge in [-0.2, -0.15) is 0 Å². The molecular weight excluding hydrogens is 552 g/mol. The molecule has 3 aliphatic heterocycles. The van der Waals surface area contributed by atoms with Gasteiger partial charge in [0.25, 0.3) is 0 Å². The summed E-state index contributed by atoms with van der Waals surface area (Å²) in [5, 5.41) is 83.3. The average molecular weight is 574 g/mol. The van der Waals surface area contributed by atoms with Crippen molar-refractivity contribution in [3.05, 3.63) is 82.4 Å². The Morgan fingerprint density at radius 2 is 1.33 bits per heavy atom. The van der Waals surface area contributed by atoms with E-state index in [0.717, 1.165) is 6.07 Å². The largest absolute Gasteiger partial charge is 0.508 e. The van der Waals surface area contributed by atoms with E-state index in [1.165, 1.54) is 48.5 Å².